The molecule has 2 heterocycles. The number of aryl methyl sites for hydroxylation is 1. The second-order valence-corrected chi connectivity index (χ2v) is 7.59. The van der Waals surface area contributed by atoms with Crippen LogP contribution in [0.3, 0.4) is 0 Å². The van der Waals surface area contributed by atoms with Crippen LogP contribution in [0.2, 0.25) is 0 Å². The Bertz CT molecular complexity index is 572. The van der Waals surface area contributed by atoms with Gasteiger partial charge in [-0.25, -0.2) is 0 Å². The molecular weight excluding hydrogens is 332 g/mol. The van der Waals surface area contributed by atoms with E-state index < -0.39 is 10.1 Å². The Morgan fingerprint density at radius 2 is 1.46 bits per heavy atom. The summed E-state index contributed by atoms with van der Waals surface area (Å²) in [7, 11) is -3.63. The van der Waals surface area contributed by atoms with Crippen molar-refractivity contribution in [3.8, 4) is 0 Å². The van der Waals surface area contributed by atoms with Crippen LogP contribution in [0.4, 0.5) is 0 Å². The van der Waals surface area contributed by atoms with Gasteiger partial charge >= 0.3 is 0 Å². The lowest BCUT2D eigenvalue weighted by Crippen LogP contribution is -2.26. The maximum Gasteiger partial charge on any atom is 0.297 e. The molecule has 1 aromatic rings. The van der Waals surface area contributed by atoms with E-state index in [0.29, 0.717) is 26.1 Å². The highest BCUT2D eigenvalue weighted by Gasteiger charge is 2.23. The molecule has 1 aromatic carbocycles. The second-order valence-electron chi connectivity index (χ2n) is 6.02. The molecule has 1 N–H and O–H groups in total. The Morgan fingerprint density at radius 3 is 1.92 bits per heavy atom. The molecule has 0 radical (unpaired) electrons. The molecule has 0 atom stereocenters. The number of benzene rings is 1. The van der Waals surface area contributed by atoms with Gasteiger partial charge in [0.15, 0.2) is 0 Å². The minimum absolute atomic E-state index is 0.0891. The van der Waals surface area contributed by atoms with Crippen molar-refractivity contribution in [3.63, 3.8) is 0 Å². The van der Waals surface area contributed by atoms with Crippen LogP contribution in [-0.4, -0.2) is 52.2 Å². The molecule has 0 amide bonds. The number of rotatable bonds is 3. The second kappa shape index (κ2) is 9.48. The predicted octanol–water partition coefficient (Wildman–Crippen LogP) is 2.04. The quantitative estimate of drug-likeness (QED) is 0.833. The van der Waals surface area contributed by atoms with E-state index in [2.05, 4.69) is 0 Å². The maximum atomic E-state index is 11.9. The van der Waals surface area contributed by atoms with E-state index in [-0.39, 0.29) is 17.1 Å². The van der Waals surface area contributed by atoms with Crippen molar-refractivity contribution < 1.29 is 27.2 Å². The zero-order valence-corrected chi connectivity index (χ0v) is 14.8. The van der Waals surface area contributed by atoms with Crippen molar-refractivity contribution in [3.05, 3.63) is 29.8 Å². The van der Waals surface area contributed by atoms with Crippen molar-refractivity contribution >= 4 is 10.1 Å². The van der Waals surface area contributed by atoms with Crippen LogP contribution in [0.15, 0.2) is 29.2 Å². The van der Waals surface area contributed by atoms with Crippen LogP contribution in [-0.2, 0) is 23.8 Å². The van der Waals surface area contributed by atoms with Gasteiger partial charge < -0.3 is 14.6 Å². The van der Waals surface area contributed by atoms with Gasteiger partial charge in [-0.2, -0.15) is 8.42 Å². The molecule has 2 aliphatic heterocycles. The fraction of sp³-hybridized carbons (Fsp3) is 0.647. The lowest BCUT2D eigenvalue weighted by Gasteiger charge is -2.21. The number of aliphatic hydroxyl groups excluding tert-OH is 1. The van der Waals surface area contributed by atoms with Gasteiger partial charge in [-0.05, 0) is 44.7 Å². The molecule has 3 rings (SSSR count). The Balaban J connectivity index is 0.000000249. The molecule has 0 unspecified atom stereocenters. The maximum absolute atomic E-state index is 11.9. The molecule has 0 aliphatic carbocycles. The Labute approximate surface area is 143 Å². The zero-order valence-electron chi connectivity index (χ0n) is 14.0. The average molecular weight is 358 g/mol. The van der Waals surface area contributed by atoms with Gasteiger partial charge in [0, 0.05) is 26.4 Å². The van der Waals surface area contributed by atoms with E-state index in [1.54, 1.807) is 24.3 Å². The molecule has 0 saturated carbocycles. The fourth-order valence-corrected chi connectivity index (χ4v) is 3.53. The minimum atomic E-state index is -3.63. The molecule has 2 saturated heterocycles. The summed E-state index contributed by atoms with van der Waals surface area (Å²) in [6.45, 7) is 4.51. The molecule has 0 bridgehead atoms. The van der Waals surface area contributed by atoms with Crippen LogP contribution in [0, 0.1) is 6.92 Å². The summed E-state index contributed by atoms with van der Waals surface area (Å²) in [4.78, 5) is 0.217. The highest BCUT2D eigenvalue weighted by Crippen LogP contribution is 2.19. The lowest BCUT2D eigenvalue weighted by molar-refractivity contribution is 0.0140. The van der Waals surface area contributed by atoms with Crippen molar-refractivity contribution in [1.29, 1.82) is 0 Å². The normalized spacial score (nSPS) is 20.2. The molecular formula is C17H26O6S. The van der Waals surface area contributed by atoms with E-state index in [4.69, 9.17) is 18.8 Å². The van der Waals surface area contributed by atoms with Crippen molar-refractivity contribution in [2.75, 3.05) is 26.4 Å². The summed E-state index contributed by atoms with van der Waals surface area (Å²) < 4.78 is 39.2. The Morgan fingerprint density at radius 1 is 0.958 bits per heavy atom. The van der Waals surface area contributed by atoms with Gasteiger partial charge in [0.25, 0.3) is 10.1 Å². The SMILES string of the molecule is Cc1ccc(S(=O)(=O)OC2CCOCC2)cc1.OC1CCOCC1. The first-order chi connectivity index (χ1) is 11.5. The first-order valence-corrected chi connectivity index (χ1v) is 9.72. The molecule has 0 spiro atoms. The van der Waals surface area contributed by atoms with Gasteiger partial charge in [0.1, 0.15) is 0 Å². The fourth-order valence-electron chi connectivity index (χ4n) is 2.40. The van der Waals surface area contributed by atoms with Gasteiger partial charge in [-0.1, -0.05) is 17.7 Å². The monoisotopic (exact) mass is 358 g/mol. The molecule has 7 heteroatoms. The van der Waals surface area contributed by atoms with Gasteiger partial charge in [-0.3, -0.25) is 4.18 Å². The summed E-state index contributed by atoms with van der Waals surface area (Å²) in [6, 6.07) is 6.68. The van der Waals surface area contributed by atoms with E-state index in [9.17, 15) is 8.42 Å². The highest BCUT2D eigenvalue weighted by atomic mass is 32.2. The number of ether oxygens (including phenoxy) is 2. The summed E-state index contributed by atoms with van der Waals surface area (Å²) in [5.74, 6) is 0. The van der Waals surface area contributed by atoms with E-state index in [1.165, 1.54) is 0 Å². The van der Waals surface area contributed by atoms with Crippen LogP contribution >= 0.6 is 0 Å². The standard InChI is InChI=1S/C12H16O4S.C5H10O2/c1-10-2-4-12(5-3-10)17(13,14)16-11-6-8-15-9-7-11;6-5-1-3-7-4-2-5/h2-5,11H,6-9H2,1H3;5-6H,1-4H2. The molecule has 2 fully saturated rings. The third kappa shape index (κ3) is 6.49. The summed E-state index contributed by atoms with van der Waals surface area (Å²) in [5, 5.41) is 8.83. The largest absolute Gasteiger partial charge is 0.393 e. The molecule has 24 heavy (non-hydrogen) atoms. The van der Waals surface area contributed by atoms with Crippen molar-refractivity contribution in [2.24, 2.45) is 0 Å². The molecule has 136 valence electrons. The van der Waals surface area contributed by atoms with Crippen LogP contribution in [0.1, 0.15) is 31.2 Å². The smallest absolute Gasteiger partial charge is 0.297 e. The lowest BCUT2D eigenvalue weighted by atomic mass is 10.2. The number of hydrogen-bond acceptors (Lipinski definition) is 6. The third-order valence-corrected chi connectivity index (χ3v) is 5.31. The summed E-state index contributed by atoms with van der Waals surface area (Å²) in [6.07, 6.45) is 2.56. The molecule has 2 aliphatic rings. The van der Waals surface area contributed by atoms with Gasteiger partial charge in [-0.15, -0.1) is 0 Å². The predicted molar refractivity (Wildman–Crippen MR) is 89.4 cm³/mol. The molecule has 0 aromatic heterocycles. The van der Waals surface area contributed by atoms with Gasteiger partial charge in [0.2, 0.25) is 0 Å². The number of hydrogen-bond donors (Lipinski definition) is 1. The van der Waals surface area contributed by atoms with E-state index in [0.717, 1.165) is 31.6 Å². The summed E-state index contributed by atoms with van der Waals surface area (Å²) >= 11 is 0. The third-order valence-electron chi connectivity index (χ3n) is 3.93. The Kier molecular flexibility index (Phi) is 7.64. The van der Waals surface area contributed by atoms with Crippen molar-refractivity contribution in [2.45, 2.75) is 49.7 Å². The zero-order chi connectivity index (χ0) is 17.4. The van der Waals surface area contributed by atoms with Crippen molar-refractivity contribution in [1.82, 2.24) is 0 Å². The molecule has 6 nitrogen and oxygen atoms in total. The van der Waals surface area contributed by atoms with Crippen LogP contribution in [0.5, 0.6) is 0 Å². The minimum Gasteiger partial charge on any atom is -0.393 e. The number of aliphatic hydroxyl groups is 1. The topological polar surface area (TPSA) is 82.1 Å². The van der Waals surface area contributed by atoms with E-state index in [1.807, 2.05) is 6.92 Å². The Hall–Kier alpha value is -0.990. The van der Waals surface area contributed by atoms with E-state index >= 15 is 0 Å². The van der Waals surface area contributed by atoms with Crippen LogP contribution in [0.25, 0.3) is 0 Å². The first-order valence-electron chi connectivity index (χ1n) is 8.31. The average Bonchev–Trinajstić information content (AvgIpc) is 2.57. The van der Waals surface area contributed by atoms with Gasteiger partial charge in [0.05, 0.1) is 17.1 Å². The first kappa shape index (κ1) is 19.3. The summed E-state index contributed by atoms with van der Waals surface area (Å²) in [5.41, 5.74) is 1.02. The van der Waals surface area contributed by atoms with Crippen LogP contribution < -0.4 is 0 Å². The highest BCUT2D eigenvalue weighted by molar-refractivity contribution is 7.86.